The van der Waals surface area contributed by atoms with Crippen molar-refractivity contribution in [2.45, 2.75) is 6.92 Å². The summed E-state index contributed by atoms with van der Waals surface area (Å²) in [5.74, 6) is -1.04. The lowest BCUT2D eigenvalue weighted by atomic mass is 10.2. The van der Waals surface area contributed by atoms with Crippen molar-refractivity contribution in [2.75, 3.05) is 0 Å². The minimum Gasteiger partial charge on any atom is -0.476 e. The summed E-state index contributed by atoms with van der Waals surface area (Å²) in [7, 11) is 0. The van der Waals surface area contributed by atoms with Crippen molar-refractivity contribution >= 4 is 17.3 Å². The van der Waals surface area contributed by atoms with Crippen LogP contribution in [0, 0.1) is 6.92 Å². The minimum atomic E-state index is -1.04. The van der Waals surface area contributed by atoms with Gasteiger partial charge >= 0.3 is 5.97 Å². The Hall–Kier alpha value is -1.75. The highest BCUT2D eigenvalue weighted by molar-refractivity contribution is 7.16. The Morgan fingerprint density at radius 2 is 1.93 bits per heavy atom. The maximum Gasteiger partial charge on any atom is 0.367 e. The highest BCUT2D eigenvalue weighted by atomic mass is 32.1. The molecule has 0 spiro atoms. The smallest absolute Gasteiger partial charge is 0.367 e. The van der Waals surface area contributed by atoms with Gasteiger partial charge in [-0.25, -0.2) is 4.79 Å². The fraction of sp³-hybridized carbons (Fsp3) is 0.100. The first kappa shape index (κ1) is 9.79. The molecule has 2 aromatic rings. The van der Waals surface area contributed by atoms with Crippen LogP contribution in [0.3, 0.4) is 0 Å². The lowest BCUT2D eigenvalue weighted by Crippen LogP contribution is -1.93. The highest BCUT2D eigenvalue weighted by Crippen LogP contribution is 2.23. The SMILES string of the molecule is Cc1ccc(-c2nnc(C(=O)O)s2)cc1. The van der Waals surface area contributed by atoms with Gasteiger partial charge in [-0.1, -0.05) is 41.2 Å². The van der Waals surface area contributed by atoms with E-state index < -0.39 is 5.97 Å². The molecule has 0 bridgehead atoms. The van der Waals surface area contributed by atoms with E-state index in [9.17, 15) is 4.79 Å². The zero-order valence-corrected chi connectivity index (χ0v) is 8.78. The van der Waals surface area contributed by atoms with Gasteiger partial charge in [0.05, 0.1) is 0 Å². The predicted molar refractivity (Wildman–Crippen MR) is 57.0 cm³/mol. The Morgan fingerprint density at radius 3 is 2.47 bits per heavy atom. The third kappa shape index (κ3) is 2.02. The molecule has 0 aliphatic rings. The Bertz CT molecular complexity index is 490. The number of nitrogens with zero attached hydrogens (tertiary/aromatic N) is 2. The van der Waals surface area contributed by atoms with Crippen LogP contribution in [0.5, 0.6) is 0 Å². The molecule has 2 rings (SSSR count). The van der Waals surface area contributed by atoms with E-state index >= 15 is 0 Å². The zero-order chi connectivity index (χ0) is 10.8. The lowest BCUT2D eigenvalue weighted by molar-refractivity contribution is 0.0695. The molecule has 0 unspecified atom stereocenters. The van der Waals surface area contributed by atoms with Crippen LogP contribution >= 0.6 is 11.3 Å². The fourth-order valence-corrected chi connectivity index (χ4v) is 1.81. The molecule has 1 heterocycles. The van der Waals surface area contributed by atoms with Crippen LogP contribution in [-0.2, 0) is 0 Å². The van der Waals surface area contributed by atoms with Gasteiger partial charge < -0.3 is 5.11 Å². The molecule has 0 aliphatic carbocycles. The van der Waals surface area contributed by atoms with Gasteiger partial charge in [-0.3, -0.25) is 0 Å². The van der Waals surface area contributed by atoms with Crippen LogP contribution in [0.1, 0.15) is 15.4 Å². The van der Waals surface area contributed by atoms with Crippen molar-refractivity contribution in [2.24, 2.45) is 0 Å². The molecule has 0 radical (unpaired) electrons. The van der Waals surface area contributed by atoms with Gasteiger partial charge in [0.25, 0.3) is 0 Å². The summed E-state index contributed by atoms with van der Waals surface area (Å²) < 4.78 is 0. The van der Waals surface area contributed by atoms with Gasteiger partial charge in [-0.15, -0.1) is 10.2 Å². The Balaban J connectivity index is 2.37. The van der Waals surface area contributed by atoms with Crippen LogP contribution in [0.15, 0.2) is 24.3 Å². The molecule has 0 aliphatic heterocycles. The first-order valence-electron chi connectivity index (χ1n) is 4.30. The van der Waals surface area contributed by atoms with E-state index in [0.29, 0.717) is 5.01 Å². The van der Waals surface area contributed by atoms with Crippen LogP contribution in [0.4, 0.5) is 0 Å². The molecule has 0 amide bonds. The molecule has 1 N–H and O–H groups in total. The van der Waals surface area contributed by atoms with E-state index in [1.165, 1.54) is 0 Å². The maximum atomic E-state index is 10.6. The normalized spacial score (nSPS) is 10.2. The number of aryl methyl sites for hydroxylation is 1. The Labute approximate surface area is 90.2 Å². The van der Waals surface area contributed by atoms with Crippen LogP contribution in [0.2, 0.25) is 0 Å². The van der Waals surface area contributed by atoms with Crippen molar-refractivity contribution in [3.05, 3.63) is 34.8 Å². The number of carboxylic acid groups (broad SMARTS) is 1. The molecule has 0 fully saturated rings. The average molecular weight is 220 g/mol. The molecule has 0 saturated heterocycles. The number of hydrogen-bond acceptors (Lipinski definition) is 4. The third-order valence-corrected chi connectivity index (χ3v) is 2.87. The first-order valence-corrected chi connectivity index (χ1v) is 5.12. The quantitative estimate of drug-likeness (QED) is 0.842. The van der Waals surface area contributed by atoms with Gasteiger partial charge in [0.15, 0.2) is 0 Å². The molecular formula is C10H8N2O2S. The number of benzene rings is 1. The van der Waals surface area contributed by atoms with Gasteiger partial charge in [-0.2, -0.15) is 0 Å². The van der Waals surface area contributed by atoms with Crippen molar-refractivity contribution in [3.63, 3.8) is 0 Å². The summed E-state index contributed by atoms with van der Waals surface area (Å²) in [6, 6.07) is 7.72. The van der Waals surface area contributed by atoms with Crippen molar-refractivity contribution < 1.29 is 9.90 Å². The largest absolute Gasteiger partial charge is 0.476 e. The number of carbonyl (C=O) groups is 1. The second-order valence-corrected chi connectivity index (χ2v) is 4.06. The molecule has 15 heavy (non-hydrogen) atoms. The van der Waals surface area contributed by atoms with Gasteiger partial charge in [0.1, 0.15) is 5.01 Å². The van der Waals surface area contributed by atoms with Crippen LogP contribution < -0.4 is 0 Å². The third-order valence-electron chi connectivity index (χ3n) is 1.91. The molecule has 1 aromatic carbocycles. The summed E-state index contributed by atoms with van der Waals surface area (Å²) in [6.07, 6.45) is 0. The second-order valence-electron chi connectivity index (χ2n) is 3.08. The van der Waals surface area contributed by atoms with Gasteiger partial charge in [0, 0.05) is 5.56 Å². The molecule has 0 saturated carbocycles. The second kappa shape index (κ2) is 3.78. The summed E-state index contributed by atoms with van der Waals surface area (Å²) in [5, 5.41) is 16.8. The molecule has 0 atom stereocenters. The summed E-state index contributed by atoms with van der Waals surface area (Å²) >= 11 is 1.08. The zero-order valence-electron chi connectivity index (χ0n) is 7.97. The average Bonchev–Trinajstić information content (AvgIpc) is 2.68. The monoisotopic (exact) mass is 220 g/mol. The molecular weight excluding hydrogens is 212 g/mol. The molecule has 5 heteroatoms. The number of rotatable bonds is 2. The Morgan fingerprint density at radius 1 is 1.27 bits per heavy atom. The van der Waals surface area contributed by atoms with Gasteiger partial charge in [-0.05, 0) is 6.92 Å². The van der Waals surface area contributed by atoms with E-state index in [1.807, 2.05) is 31.2 Å². The summed E-state index contributed by atoms with van der Waals surface area (Å²) in [6.45, 7) is 1.99. The van der Waals surface area contributed by atoms with Crippen molar-refractivity contribution in [3.8, 4) is 10.6 Å². The minimum absolute atomic E-state index is 0.0191. The van der Waals surface area contributed by atoms with Crippen LogP contribution in [-0.4, -0.2) is 21.3 Å². The number of hydrogen-bond donors (Lipinski definition) is 1. The highest BCUT2D eigenvalue weighted by Gasteiger charge is 2.11. The van der Waals surface area contributed by atoms with Gasteiger partial charge in [0.2, 0.25) is 5.01 Å². The predicted octanol–water partition coefficient (Wildman–Crippen LogP) is 2.21. The van der Waals surface area contributed by atoms with E-state index in [2.05, 4.69) is 10.2 Å². The van der Waals surface area contributed by atoms with E-state index in [4.69, 9.17) is 5.11 Å². The van der Waals surface area contributed by atoms with E-state index in [0.717, 1.165) is 22.5 Å². The fourth-order valence-electron chi connectivity index (χ4n) is 1.12. The molecule has 1 aromatic heterocycles. The van der Waals surface area contributed by atoms with Crippen molar-refractivity contribution in [1.29, 1.82) is 0 Å². The number of aromatic nitrogens is 2. The topological polar surface area (TPSA) is 63.1 Å². The Kier molecular flexibility index (Phi) is 2.47. The molecule has 4 nitrogen and oxygen atoms in total. The lowest BCUT2D eigenvalue weighted by Gasteiger charge is -1.94. The number of aromatic carboxylic acids is 1. The molecule has 76 valence electrons. The van der Waals surface area contributed by atoms with Crippen LogP contribution in [0.25, 0.3) is 10.6 Å². The first-order chi connectivity index (χ1) is 7.16. The number of carboxylic acids is 1. The van der Waals surface area contributed by atoms with E-state index in [1.54, 1.807) is 0 Å². The summed E-state index contributed by atoms with van der Waals surface area (Å²) in [5.41, 5.74) is 2.05. The van der Waals surface area contributed by atoms with Crippen molar-refractivity contribution in [1.82, 2.24) is 10.2 Å². The van der Waals surface area contributed by atoms with E-state index in [-0.39, 0.29) is 5.01 Å². The standard InChI is InChI=1S/C10H8N2O2S/c1-6-2-4-7(5-3-6)8-11-12-9(15-8)10(13)14/h2-5H,1H3,(H,13,14). The summed E-state index contributed by atoms with van der Waals surface area (Å²) in [4.78, 5) is 10.6. The maximum absolute atomic E-state index is 10.6.